The van der Waals surface area contributed by atoms with Crippen molar-refractivity contribution in [2.45, 2.75) is 19.4 Å². The highest BCUT2D eigenvalue weighted by molar-refractivity contribution is 5.61. The summed E-state index contributed by atoms with van der Waals surface area (Å²) in [7, 11) is 0. The molecule has 1 aliphatic rings. The minimum atomic E-state index is -0.440. The van der Waals surface area contributed by atoms with Crippen molar-refractivity contribution in [3.63, 3.8) is 0 Å². The van der Waals surface area contributed by atoms with Gasteiger partial charge in [-0.3, -0.25) is 10.1 Å². The molecule has 0 amide bonds. The first-order valence-corrected chi connectivity index (χ1v) is 9.49. The van der Waals surface area contributed by atoms with Crippen LogP contribution in [0.5, 0.6) is 0 Å². The van der Waals surface area contributed by atoms with E-state index in [9.17, 15) is 10.1 Å². The molecule has 1 aliphatic heterocycles. The van der Waals surface area contributed by atoms with Gasteiger partial charge in [0, 0.05) is 36.0 Å². The second kappa shape index (κ2) is 7.60. The van der Waals surface area contributed by atoms with Crippen molar-refractivity contribution in [3.8, 4) is 11.4 Å². The minimum Gasteiger partial charge on any atom is -0.367 e. The molecule has 0 aliphatic carbocycles. The fourth-order valence-corrected chi connectivity index (χ4v) is 3.63. The number of non-ortho nitro benzene ring substituents is 1. The van der Waals surface area contributed by atoms with Gasteiger partial charge in [-0.05, 0) is 19.4 Å². The van der Waals surface area contributed by atoms with Gasteiger partial charge in [-0.1, -0.05) is 42.5 Å². The Morgan fingerprint density at radius 1 is 1.10 bits per heavy atom. The molecule has 1 unspecified atom stereocenters. The molecule has 1 fully saturated rings. The van der Waals surface area contributed by atoms with E-state index in [1.54, 1.807) is 12.1 Å². The quantitative estimate of drug-likeness (QED) is 0.492. The predicted octanol–water partition coefficient (Wildman–Crippen LogP) is 4.11. The molecule has 7 heteroatoms. The standard InChI is InChI=1S/C22H22N4O3/c1-16-13-20(24-21(23-16)17-7-6-10-19(14-17)26(27)28)25-11-12-29-22(2,15-25)18-8-4-3-5-9-18/h3-10,13-14H,11-12,15H2,1-2H3. The van der Waals surface area contributed by atoms with E-state index in [0.29, 0.717) is 31.1 Å². The van der Waals surface area contributed by atoms with Crippen LogP contribution in [-0.4, -0.2) is 34.6 Å². The third kappa shape index (κ3) is 3.95. The third-order valence-corrected chi connectivity index (χ3v) is 5.14. The fourth-order valence-electron chi connectivity index (χ4n) is 3.63. The Morgan fingerprint density at radius 3 is 2.66 bits per heavy atom. The molecule has 1 saturated heterocycles. The summed E-state index contributed by atoms with van der Waals surface area (Å²) in [5, 5.41) is 11.1. The van der Waals surface area contributed by atoms with Crippen LogP contribution in [0.3, 0.4) is 0 Å². The monoisotopic (exact) mass is 390 g/mol. The molecule has 7 nitrogen and oxygen atoms in total. The van der Waals surface area contributed by atoms with E-state index >= 15 is 0 Å². The second-order valence-corrected chi connectivity index (χ2v) is 7.37. The second-order valence-electron chi connectivity index (χ2n) is 7.37. The predicted molar refractivity (Wildman–Crippen MR) is 111 cm³/mol. The fraction of sp³-hybridized carbons (Fsp3) is 0.273. The van der Waals surface area contributed by atoms with Gasteiger partial charge >= 0.3 is 0 Å². The van der Waals surface area contributed by atoms with Crippen LogP contribution in [0, 0.1) is 17.0 Å². The van der Waals surface area contributed by atoms with Gasteiger partial charge in [0.1, 0.15) is 11.4 Å². The van der Waals surface area contributed by atoms with Crippen LogP contribution in [0.15, 0.2) is 60.7 Å². The maximum atomic E-state index is 11.1. The first-order chi connectivity index (χ1) is 13.9. The Hall–Kier alpha value is -3.32. The van der Waals surface area contributed by atoms with Crippen molar-refractivity contribution in [1.29, 1.82) is 0 Å². The van der Waals surface area contributed by atoms with Gasteiger partial charge in [0.05, 0.1) is 18.1 Å². The number of ether oxygens (including phenoxy) is 1. The molecule has 3 aromatic rings. The van der Waals surface area contributed by atoms with Crippen LogP contribution in [0.25, 0.3) is 11.4 Å². The summed E-state index contributed by atoms with van der Waals surface area (Å²) >= 11 is 0. The molecular weight excluding hydrogens is 368 g/mol. The summed E-state index contributed by atoms with van der Waals surface area (Å²) < 4.78 is 6.13. The first-order valence-electron chi connectivity index (χ1n) is 9.49. The minimum absolute atomic E-state index is 0.0252. The number of morpholine rings is 1. The number of nitro benzene ring substituents is 1. The van der Waals surface area contributed by atoms with E-state index < -0.39 is 10.5 Å². The van der Waals surface area contributed by atoms with Crippen molar-refractivity contribution in [2.75, 3.05) is 24.6 Å². The molecule has 1 atom stereocenters. The summed E-state index contributed by atoms with van der Waals surface area (Å²) in [6.45, 7) is 5.95. The van der Waals surface area contributed by atoms with E-state index in [2.05, 4.69) is 28.9 Å². The molecule has 1 aromatic heterocycles. The lowest BCUT2D eigenvalue weighted by Gasteiger charge is -2.41. The van der Waals surface area contributed by atoms with Crippen LogP contribution in [0.1, 0.15) is 18.2 Å². The largest absolute Gasteiger partial charge is 0.367 e. The number of aromatic nitrogens is 2. The zero-order chi connectivity index (χ0) is 20.4. The lowest BCUT2D eigenvalue weighted by molar-refractivity contribution is -0.384. The Kier molecular flexibility index (Phi) is 4.98. The van der Waals surface area contributed by atoms with E-state index in [1.807, 2.05) is 31.2 Å². The highest BCUT2D eigenvalue weighted by Crippen LogP contribution is 2.32. The van der Waals surface area contributed by atoms with Crippen molar-refractivity contribution in [2.24, 2.45) is 0 Å². The highest BCUT2D eigenvalue weighted by Gasteiger charge is 2.34. The number of rotatable bonds is 4. The summed E-state index contributed by atoms with van der Waals surface area (Å²) in [5.41, 5.74) is 2.14. The van der Waals surface area contributed by atoms with Gasteiger partial charge in [0.25, 0.3) is 5.69 Å². The van der Waals surface area contributed by atoms with Gasteiger partial charge in [-0.25, -0.2) is 9.97 Å². The normalized spacial score (nSPS) is 19.2. The smallest absolute Gasteiger partial charge is 0.270 e. The van der Waals surface area contributed by atoms with Crippen LogP contribution in [0.4, 0.5) is 11.5 Å². The third-order valence-electron chi connectivity index (χ3n) is 5.14. The zero-order valence-electron chi connectivity index (χ0n) is 16.4. The topological polar surface area (TPSA) is 81.4 Å². The SMILES string of the molecule is Cc1cc(N2CCOC(C)(c3ccccc3)C2)nc(-c2cccc([N+](=O)[O-])c2)n1. The number of hydrogen-bond donors (Lipinski definition) is 0. The maximum Gasteiger partial charge on any atom is 0.270 e. The Morgan fingerprint density at radius 2 is 1.90 bits per heavy atom. The molecule has 0 radical (unpaired) electrons. The summed E-state index contributed by atoms with van der Waals surface area (Å²) in [5.74, 6) is 1.28. The first kappa shape index (κ1) is 19.0. The molecule has 2 heterocycles. The molecule has 0 spiro atoms. The maximum absolute atomic E-state index is 11.1. The van der Waals surface area contributed by atoms with E-state index in [-0.39, 0.29) is 5.69 Å². The molecule has 4 rings (SSSR count). The number of nitrogens with zero attached hydrogens (tertiary/aromatic N) is 4. The number of benzene rings is 2. The van der Waals surface area contributed by atoms with Crippen molar-refractivity contribution >= 4 is 11.5 Å². The molecule has 148 valence electrons. The van der Waals surface area contributed by atoms with Gasteiger partial charge in [-0.2, -0.15) is 0 Å². The van der Waals surface area contributed by atoms with Gasteiger partial charge < -0.3 is 9.64 Å². The van der Waals surface area contributed by atoms with Crippen molar-refractivity contribution in [3.05, 3.63) is 82.0 Å². The number of hydrogen-bond acceptors (Lipinski definition) is 6. The Balaban J connectivity index is 1.67. The molecular formula is C22H22N4O3. The van der Waals surface area contributed by atoms with E-state index in [0.717, 1.165) is 17.1 Å². The van der Waals surface area contributed by atoms with Crippen molar-refractivity contribution in [1.82, 2.24) is 9.97 Å². The molecule has 0 saturated carbocycles. The average Bonchev–Trinajstić information content (AvgIpc) is 2.74. The van der Waals surface area contributed by atoms with Gasteiger partial charge in [0.15, 0.2) is 5.82 Å². The van der Waals surface area contributed by atoms with Crippen LogP contribution >= 0.6 is 0 Å². The molecule has 29 heavy (non-hydrogen) atoms. The van der Waals surface area contributed by atoms with Gasteiger partial charge in [0.2, 0.25) is 0 Å². The summed E-state index contributed by atoms with van der Waals surface area (Å²) in [6.07, 6.45) is 0. The van der Waals surface area contributed by atoms with E-state index in [4.69, 9.17) is 9.72 Å². The summed E-state index contributed by atoms with van der Waals surface area (Å²) in [4.78, 5) is 22.1. The lowest BCUT2D eigenvalue weighted by atomic mass is 9.94. The Labute approximate surface area is 169 Å². The molecule has 0 bridgehead atoms. The van der Waals surface area contributed by atoms with Gasteiger partial charge in [-0.15, -0.1) is 0 Å². The van der Waals surface area contributed by atoms with Crippen LogP contribution in [0.2, 0.25) is 0 Å². The summed E-state index contributed by atoms with van der Waals surface area (Å²) in [6, 6.07) is 18.5. The number of nitro groups is 1. The number of aryl methyl sites for hydroxylation is 1. The lowest BCUT2D eigenvalue weighted by Crippen LogP contribution is -2.48. The Bertz CT molecular complexity index is 1040. The molecule has 2 aromatic carbocycles. The number of anilines is 1. The van der Waals surface area contributed by atoms with Crippen LogP contribution < -0.4 is 4.90 Å². The van der Waals surface area contributed by atoms with Crippen molar-refractivity contribution < 1.29 is 9.66 Å². The van der Waals surface area contributed by atoms with E-state index in [1.165, 1.54) is 12.1 Å². The zero-order valence-corrected chi connectivity index (χ0v) is 16.4. The average molecular weight is 390 g/mol. The van der Waals surface area contributed by atoms with Crippen LogP contribution in [-0.2, 0) is 10.3 Å². The molecule has 0 N–H and O–H groups in total. The highest BCUT2D eigenvalue weighted by atomic mass is 16.6.